The van der Waals surface area contributed by atoms with Crippen LogP contribution in [0, 0.1) is 17.4 Å². The Morgan fingerprint density at radius 1 is 1.20 bits per heavy atom. The molecule has 0 atom stereocenters. The first-order valence-electron chi connectivity index (χ1n) is 8.45. The quantitative estimate of drug-likeness (QED) is 0.485. The van der Waals surface area contributed by atoms with Gasteiger partial charge in [0, 0.05) is 16.9 Å². The molecule has 0 bridgehead atoms. The van der Waals surface area contributed by atoms with Crippen LogP contribution in [0.1, 0.15) is 39.2 Å². The lowest BCUT2D eigenvalue weighted by Gasteiger charge is -2.46. The molecule has 138 valence electrons. The first-order valence-corrected chi connectivity index (χ1v) is 9.27. The average molecular weight is 370 g/mol. The summed E-state index contributed by atoms with van der Waals surface area (Å²) in [5.74, 6) is 0. The summed E-state index contributed by atoms with van der Waals surface area (Å²) >= 11 is -0.0651. The van der Waals surface area contributed by atoms with Crippen molar-refractivity contribution in [2.75, 3.05) is 19.6 Å². The Morgan fingerprint density at radius 2 is 1.84 bits per heavy atom. The van der Waals surface area contributed by atoms with E-state index in [-0.39, 0.29) is 27.5 Å². The minimum absolute atomic E-state index is 0.0270. The van der Waals surface area contributed by atoms with Gasteiger partial charge in [0.25, 0.3) is 0 Å². The van der Waals surface area contributed by atoms with Crippen molar-refractivity contribution in [2.24, 2.45) is 10.8 Å². The molecule has 1 aliphatic heterocycles. The lowest BCUT2D eigenvalue weighted by atomic mass is 9.61. The van der Waals surface area contributed by atoms with Crippen LogP contribution in [0.3, 0.4) is 0 Å². The highest BCUT2D eigenvalue weighted by Gasteiger charge is 2.46. The molecule has 0 N–H and O–H groups in total. The number of hydrogen-bond donors (Lipinski definition) is 0. The minimum Gasteiger partial charge on any atom is -0.316 e. The molecule has 1 saturated heterocycles. The normalized spacial score (nSPS) is 18.8. The van der Waals surface area contributed by atoms with Gasteiger partial charge in [-0.25, -0.2) is 6.57 Å². The largest absolute Gasteiger partial charge is 0.446 e. The number of likely N-dealkylation sites (tertiary alicyclic amines) is 1. The number of halogens is 3. The molecule has 0 saturated carbocycles. The summed E-state index contributed by atoms with van der Waals surface area (Å²) in [7, 11) is 0. The molecule has 0 aromatic heterocycles. The molecule has 0 spiro atoms. The third kappa shape index (κ3) is 5.39. The maximum atomic E-state index is 12.5. The van der Waals surface area contributed by atoms with Gasteiger partial charge in [-0.3, -0.25) is 4.90 Å². The maximum absolute atomic E-state index is 12.5. The van der Waals surface area contributed by atoms with Crippen molar-refractivity contribution in [3.05, 3.63) is 41.2 Å². The van der Waals surface area contributed by atoms with Crippen molar-refractivity contribution in [1.29, 1.82) is 0 Å². The third-order valence-corrected chi connectivity index (χ3v) is 6.05. The van der Waals surface area contributed by atoms with Gasteiger partial charge in [0.05, 0.1) is 0 Å². The van der Waals surface area contributed by atoms with E-state index < -0.39 is 5.51 Å². The molecule has 1 aromatic carbocycles. The number of benzene rings is 1. The van der Waals surface area contributed by atoms with E-state index in [2.05, 4.69) is 30.5 Å². The number of rotatable bonds is 4. The molecule has 1 fully saturated rings. The van der Waals surface area contributed by atoms with Gasteiger partial charge in [0.15, 0.2) is 0 Å². The Labute approximate surface area is 152 Å². The van der Waals surface area contributed by atoms with Gasteiger partial charge in [0.1, 0.15) is 0 Å². The van der Waals surface area contributed by atoms with Gasteiger partial charge < -0.3 is 4.85 Å². The van der Waals surface area contributed by atoms with Crippen LogP contribution in [-0.2, 0) is 6.54 Å². The summed E-state index contributed by atoms with van der Waals surface area (Å²) in [6, 6.07) is 6.69. The van der Waals surface area contributed by atoms with Gasteiger partial charge in [-0.1, -0.05) is 32.9 Å². The highest BCUT2D eigenvalue weighted by molar-refractivity contribution is 8.00. The van der Waals surface area contributed by atoms with Crippen LogP contribution in [0.25, 0.3) is 4.85 Å². The standard InChI is InChI=1S/C19H25F3N2S/c1-17(2,3)18(14-23-4)8-10-24(11-9-18)13-15-6-5-7-16(12-15)25-19(20,21)22/h5-7,12H,8-11,13-14H2,1-3H3. The molecule has 0 unspecified atom stereocenters. The highest BCUT2D eigenvalue weighted by Crippen LogP contribution is 2.47. The molecule has 25 heavy (non-hydrogen) atoms. The number of thioether (sulfide) groups is 1. The molecule has 1 heterocycles. The second-order valence-electron chi connectivity index (χ2n) is 7.82. The number of nitrogens with zero attached hydrogens (tertiary/aromatic N) is 2. The summed E-state index contributed by atoms with van der Waals surface area (Å²) in [4.78, 5) is 6.19. The minimum atomic E-state index is -4.25. The van der Waals surface area contributed by atoms with E-state index in [1.807, 2.05) is 6.07 Å². The highest BCUT2D eigenvalue weighted by atomic mass is 32.2. The molecular formula is C19H25F3N2S. The summed E-state index contributed by atoms with van der Waals surface area (Å²) in [5, 5.41) is 0. The van der Waals surface area contributed by atoms with Crippen LogP contribution in [0.4, 0.5) is 13.2 Å². The van der Waals surface area contributed by atoms with Gasteiger partial charge in [-0.15, -0.1) is 0 Å². The zero-order valence-electron chi connectivity index (χ0n) is 15.0. The van der Waals surface area contributed by atoms with E-state index in [0.29, 0.717) is 13.1 Å². The van der Waals surface area contributed by atoms with E-state index in [0.717, 1.165) is 31.5 Å². The smallest absolute Gasteiger partial charge is 0.316 e. The predicted molar refractivity (Wildman–Crippen MR) is 96.2 cm³/mol. The van der Waals surface area contributed by atoms with Crippen molar-refractivity contribution in [2.45, 2.75) is 50.6 Å². The van der Waals surface area contributed by atoms with Gasteiger partial charge in [-0.05, 0) is 60.8 Å². The first-order chi connectivity index (χ1) is 11.5. The van der Waals surface area contributed by atoms with Crippen LogP contribution in [0.15, 0.2) is 29.2 Å². The fourth-order valence-electron chi connectivity index (χ4n) is 3.53. The summed E-state index contributed by atoms with van der Waals surface area (Å²) < 4.78 is 37.6. The predicted octanol–water partition coefficient (Wildman–Crippen LogP) is 5.85. The van der Waals surface area contributed by atoms with Crippen molar-refractivity contribution < 1.29 is 13.2 Å². The Morgan fingerprint density at radius 3 is 2.36 bits per heavy atom. The molecule has 1 aliphatic rings. The molecule has 1 aromatic rings. The first kappa shape index (κ1) is 20.1. The number of hydrogen-bond acceptors (Lipinski definition) is 2. The second-order valence-corrected chi connectivity index (χ2v) is 8.96. The van der Waals surface area contributed by atoms with Gasteiger partial charge >= 0.3 is 5.51 Å². The monoisotopic (exact) mass is 370 g/mol. The van der Waals surface area contributed by atoms with E-state index in [9.17, 15) is 13.2 Å². The van der Waals surface area contributed by atoms with Crippen LogP contribution in [0.2, 0.25) is 0 Å². The zero-order chi connectivity index (χ0) is 18.7. The molecule has 6 heteroatoms. The fraction of sp³-hybridized carbons (Fsp3) is 0.632. The average Bonchev–Trinajstić information content (AvgIpc) is 2.47. The van der Waals surface area contributed by atoms with Crippen molar-refractivity contribution >= 4 is 11.8 Å². The lowest BCUT2D eigenvalue weighted by Crippen LogP contribution is -2.47. The van der Waals surface area contributed by atoms with E-state index in [1.165, 1.54) is 6.07 Å². The molecular weight excluding hydrogens is 345 g/mol. The fourth-order valence-corrected chi connectivity index (χ4v) is 4.16. The van der Waals surface area contributed by atoms with Gasteiger partial charge in [-0.2, -0.15) is 13.2 Å². The third-order valence-electron chi connectivity index (χ3n) is 5.32. The van der Waals surface area contributed by atoms with Crippen LogP contribution >= 0.6 is 11.8 Å². The topological polar surface area (TPSA) is 7.60 Å². The van der Waals surface area contributed by atoms with E-state index in [1.54, 1.807) is 12.1 Å². The zero-order valence-corrected chi connectivity index (χ0v) is 15.8. The van der Waals surface area contributed by atoms with Crippen LogP contribution in [-0.4, -0.2) is 30.0 Å². The van der Waals surface area contributed by atoms with E-state index in [4.69, 9.17) is 6.57 Å². The van der Waals surface area contributed by atoms with Gasteiger partial charge in [0.2, 0.25) is 6.54 Å². The molecule has 0 radical (unpaired) electrons. The SMILES string of the molecule is [C-]#[N+]CC1(C(C)(C)C)CCN(Cc2cccc(SC(F)(F)F)c2)CC1. The maximum Gasteiger partial charge on any atom is 0.446 e. The number of piperidine rings is 1. The lowest BCUT2D eigenvalue weighted by molar-refractivity contribution is -0.0328. The molecule has 0 aliphatic carbocycles. The van der Waals surface area contributed by atoms with Crippen molar-refractivity contribution in [1.82, 2.24) is 4.90 Å². The number of alkyl halides is 3. The van der Waals surface area contributed by atoms with E-state index >= 15 is 0 Å². The summed E-state index contributed by atoms with van der Waals surface area (Å²) in [6.07, 6.45) is 1.91. The summed E-state index contributed by atoms with van der Waals surface area (Å²) in [6.45, 7) is 16.8. The second kappa shape index (κ2) is 7.59. The summed E-state index contributed by atoms with van der Waals surface area (Å²) in [5.41, 5.74) is -3.25. The van der Waals surface area contributed by atoms with Crippen molar-refractivity contribution in [3.8, 4) is 0 Å². The van der Waals surface area contributed by atoms with Crippen LogP contribution < -0.4 is 0 Å². The Kier molecular flexibility index (Phi) is 6.11. The Balaban J connectivity index is 2.00. The van der Waals surface area contributed by atoms with Crippen molar-refractivity contribution in [3.63, 3.8) is 0 Å². The Hall–Kier alpha value is -1.19. The molecule has 0 amide bonds. The molecule has 2 rings (SSSR count). The molecule has 2 nitrogen and oxygen atoms in total. The van der Waals surface area contributed by atoms with Crippen LogP contribution in [0.5, 0.6) is 0 Å². The Bertz CT molecular complexity index is 621.